The Morgan fingerprint density at radius 1 is 1.33 bits per heavy atom. The van der Waals surface area contributed by atoms with E-state index in [1.807, 2.05) is 17.8 Å². The average Bonchev–Trinajstić information content (AvgIpc) is 2.36. The van der Waals surface area contributed by atoms with E-state index in [1.54, 1.807) is 0 Å². The molecule has 0 unspecified atom stereocenters. The Labute approximate surface area is 94.6 Å². The van der Waals surface area contributed by atoms with Gasteiger partial charge in [-0.15, -0.1) is 11.8 Å². The van der Waals surface area contributed by atoms with Crippen LogP contribution in [0, 0.1) is 5.41 Å². The molecule has 0 saturated heterocycles. The molecule has 80 valence electrons. The summed E-state index contributed by atoms with van der Waals surface area (Å²) in [6.07, 6.45) is 4.17. The van der Waals surface area contributed by atoms with Crippen LogP contribution in [0.4, 0.5) is 11.4 Å². The first kappa shape index (κ1) is 9.40. The predicted octanol–water partition coefficient (Wildman–Crippen LogP) is 2.96. The zero-order valence-corrected chi connectivity index (χ0v) is 9.57. The van der Waals surface area contributed by atoms with E-state index in [0.29, 0.717) is 5.41 Å². The maximum Gasteiger partial charge on any atom is 0.0499 e. The molecule has 0 atom stereocenters. The molecule has 1 spiro atoms. The van der Waals surface area contributed by atoms with Gasteiger partial charge in [0.05, 0.1) is 0 Å². The number of thioether (sulfide) groups is 1. The minimum Gasteiger partial charge on any atom is -0.399 e. The quantitative estimate of drug-likeness (QED) is 0.660. The van der Waals surface area contributed by atoms with E-state index < -0.39 is 0 Å². The highest BCUT2D eigenvalue weighted by molar-refractivity contribution is 7.99. The highest BCUT2D eigenvalue weighted by atomic mass is 32.2. The highest BCUT2D eigenvalue weighted by Crippen LogP contribution is 2.48. The van der Waals surface area contributed by atoms with Gasteiger partial charge in [0.15, 0.2) is 0 Å². The number of hydrogen-bond donors (Lipinski definition) is 2. The van der Waals surface area contributed by atoms with E-state index in [9.17, 15) is 0 Å². The number of hydrogen-bond acceptors (Lipinski definition) is 3. The summed E-state index contributed by atoms with van der Waals surface area (Å²) in [5.41, 5.74) is 8.44. The van der Waals surface area contributed by atoms with E-state index in [1.165, 1.54) is 35.6 Å². The number of nitrogens with two attached hydrogens (primary N) is 1. The molecule has 1 heterocycles. The Morgan fingerprint density at radius 2 is 2.20 bits per heavy atom. The lowest BCUT2D eigenvalue weighted by Gasteiger charge is -2.40. The van der Waals surface area contributed by atoms with Crippen LogP contribution in [0.3, 0.4) is 0 Å². The van der Waals surface area contributed by atoms with E-state index in [0.717, 1.165) is 12.2 Å². The standard InChI is InChI=1S/C12H16N2S/c13-9-2-3-11-10(6-9)14-7-12(8-15-11)4-1-5-12/h2-3,6,14H,1,4-5,7-8,13H2. The minimum atomic E-state index is 0.568. The van der Waals surface area contributed by atoms with Crippen LogP contribution in [0.2, 0.25) is 0 Å². The molecule has 0 radical (unpaired) electrons. The molecule has 0 bridgehead atoms. The lowest BCUT2D eigenvalue weighted by molar-refractivity contribution is 0.187. The van der Waals surface area contributed by atoms with Gasteiger partial charge < -0.3 is 11.1 Å². The molecule has 1 aliphatic heterocycles. The van der Waals surface area contributed by atoms with Crippen LogP contribution in [0.15, 0.2) is 23.1 Å². The number of anilines is 2. The molecule has 15 heavy (non-hydrogen) atoms. The monoisotopic (exact) mass is 220 g/mol. The summed E-state index contributed by atoms with van der Waals surface area (Å²) in [7, 11) is 0. The van der Waals surface area contributed by atoms with Crippen molar-refractivity contribution in [3.05, 3.63) is 18.2 Å². The molecule has 1 aromatic carbocycles. The Bertz CT molecular complexity index is 385. The van der Waals surface area contributed by atoms with Crippen LogP contribution in [0.25, 0.3) is 0 Å². The third-order valence-electron chi connectivity index (χ3n) is 3.61. The first-order valence-corrected chi connectivity index (χ1v) is 6.52. The topological polar surface area (TPSA) is 38.0 Å². The normalized spacial score (nSPS) is 22.4. The zero-order valence-electron chi connectivity index (χ0n) is 8.75. The van der Waals surface area contributed by atoms with E-state index in [4.69, 9.17) is 5.73 Å². The largest absolute Gasteiger partial charge is 0.399 e. The summed E-state index contributed by atoms with van der Waals surface area (Å²) < 4.78 is 0. The maximum absolute atomic E-state index is 5.80. The number of nitrogens with one attached hydrogen (secondary N) is 1. The van der Waals surface area contributed by atoms with Gasteiger partial charge >= 0.3 is 0 Å². The maximum atomic E-state index is 5.80. The second-order valence-electron chi connectivity index (χ2n) is 4.75. The van der Waals surface area contributed by atoms with Crippen molar-refractivity contribution in [2.45, 2.75) is 24.2 Å². The van der Waals surface area contributed by atoms with Gasteiger partial charge in [-0.3, -0.25) is 0 Å². The fourth-order valence-electron chi connectivity index (χ4n) is 2.37. The van der Waals surface area contributed by atoms with Crippen molar-refractivity contribution in [2.75, 3.05) is 23.3 Å². The third-order valence-corrected chi connectivity index (χ3v) is 5.03. The Morgan fingerprint density at radius 3 is 2.93 bits per heavy atom. The summed E-state index contributed by atoms with van der Waals surface area (Å²) in [4.78, 5) is 1.35. The molecule has 1 saturated carbocycles. The fourth-order valence-corrected chi connectivity index (χ4v) is 3.68. The van der Waals surface area contributed by atoms with Crippen molar-refractivity contribution in [3.63, 3.8) is 0 Å². The van der Waals surface area contributed by atoms with Crippen molar-refractivity contribution in [1.29, 1.82) is 0 Å². The van der Waals surface area contributed by atoms with Crippen molar-refractivity contribution in [2.24, 2.45) is 5.41 Å². The van der Waals surface area contributed by atoms with Crippen LogP contribution in [-0.2, 0) is 0 Å². The van der Waals surface area contributed by atoms with Crippen LogP contribution < -0.4 is 11.1 Å². The molecule has 0 aromatic heterocycles. The molecular formula is C12H16N2S. The van der Waals surface area contributed by atoms with Gasteiger partial charge in [0.25, 0.3) is 0 Å². The minimum absolute atomic E-state index is 0.568. The van der Waals surface area contributed by atoms with Gasteiger partial charge in [-0.2, -0.15) is 0 Å². The fraction of sp³-hybridized carbons (Fsp3) is 0.500. The lowest BCUT2D eigenvalue weighted by atomic mass is 9.70. The van der Waals surface area contributed by atoms with Crippen LogP contribution >= 0.6 is 11.8 Å². The van der Waals surface area contributed by atoms with Crippen LogP contribution in [0.1, 0.15) is 19.3 Å². The van der Waals surface area contributed by atoms with E-state index >= 15 is 0 Å². The second-order valence-corrected chi connectivity index (χ2v) is 5.77. The molecular weight excluding hydrogens is 204 g/mol. The van der Waals surface area contributed by atoms with Gasteiger partial charge in [0.2, 0.25) is 0 Å². The number of rotatable bonds is 0. The van der Waals surface area contributed by atoms with Gasteiger partial charge in [-0.25, -0.2) is 0 Å². The van der Waals surface area contributed by atoms with Crippen LogP contribution in [-0.4, -0.2) is 12.3 Å². The highest BCUT2D eigenvalue weighted by Gasteiger charge is 2.38. The van der Waals surface area contributed by atoms with Crippen molar-refractivity contribution in [1.82, 2.24) is 0 Å². The van der Waals surface area contributed by atoms with Gasteiger partial charge in [-0.05, 0) is 36.5 Å². The van der Waals surface area contributed by atoms with Crippen molar-refractivity contribution in [3.8, 4) is 0 Å². The Balaban J connectivity index is 1.88. The zero-order chi connectivity index (χ0) is 10.3. The van der Waals surface area contributed by atoms with Crippen LogP contribution in [0.5, 0.6) is 0 Å². The second kappa shape index (κ2) is 3.34. The molecule has 3 heteroatoms. The summed E-state index contributed by atoms with van der Waals surface area (Å²) >= 11 is 1.98. The molecule has 3 rings (SSSR count). The summed E-state index contributed by atoms with van der Waals surface area (Å²) in [6.45, 7) is 1.12. The predicted molar refractivity (Wildman–Crippen MR) is 66.4 cm³/mol. The van der Waals surface area contributed by atoms with E-state index in [-0.39, 0.29) is 0 Å². The van der Waals surface area contributed by atoms with Gasteiger partial charge in [-0.1, -0.05) is 6.42 Å². The number of benzene rings is 1. The summed E-state index contributed by atoms with van der Waals surface area (Å²) in [5, 5.41) is 3.56. The molecule has 2 nitrogen and oxygen atoms in total. The SMILES string of the molecule is Nc1ccc2c(c1)NCC1(CCC1)CS2. The summed E-state index contributed by atoms with van der Waals surface area (Å²) in [5.74, 6) is 1.26. The summed E-state index contributed by atoms with van der Waals surface area (Å²) in [6, 6.07) is 6.19. The third kappa shape index (κ3) is 1.59. The smallest absolute Gasteiger partial charge is 0.0499 e. The van der Waals surface area contributed by atoms with Crippen molar-refractivity contribution >= 4 is 23.1 Å². The molecule has 3 N–H and O–H groups in total. The van der Waals surface area contributed by atoms with E-state index in [2.05, 4.69) is 17.4 Å². The Kier molecular flexibility index (Phi) is 2.09. The first-order chi connectivity index (χ1) is 7.27. The average molecular weight is 220 g/mol. The first-order valence-electron chi connectivity index (χ1n) is 5.54. The number of nitrogen functional groups attached to an aromatic ring is 1. The van der Waals surface area contributed by atoms with Gasteiger partial charge in [0.1, 0.15) is 0 Å². The number of fused-ring (bicyclic) bond motifs is 1. The molecule has 1 aliphatic carbocycles. The van der Waals surface area contributed by atoms with Gasteiger partial charge in [0, 0.05) is 28.6 Å². The Hall–Kier alpha value is -0.830. The molecule has 1 aromatic rings. The molecule has 1 fully saturated rings. The lowest BCUT2D eigenvalue weighted by Crippen LogP contribution is -2.37. The van der Waals surface area contributed by atoms with Crippen molar-refractivity contribution < 1.29 is 0 Å². The molecule has 0 amide bonds. The molecule has 2 aliphatic rings.